The maximum absolute atomic E-state index is 13.4. The van der Waals surface area contributed by atoms with Gasteiger partial charge in [-0.15, -0.1) is 0 Å². The minimum absolute atomic E-state index is 0.0332. The molecule has 0 N–H and O–H groups in total. The zero-order chi connectivity index (χ0) is 23.1. The first-order valence-corrected chi connectivity index (χ1v) is 11.1. The highest BCUT2D eigenvalue weighted by molar-refractivity contribution is 7.07. The monoisotopic (exact) mass is 477 g/mol. The average molecular weight is 477 g/mol. The molecular formula is C21H21F6N3OS. The average Bonchev–Trinajstić information content (AvgIpc) is 3.04. The maximum Gasteiger partial charge on any atom is 0.416 e. The van der Waals surface area contributed by atoms with Gasteiger partial charge in [0.15, 0.2) is 0 Å². The molecule has 174 valence electrons. The summed E-state index contributed by atoms with van der Waals surface area (Å²) in [5.74, 6) is 0.167. The smallest absolute Gasteiger partial charge is 0.299 e. The Morgan fingerprint density at radius 1 is 1.06 bits per heavy atom. The van der Waals surface area contributed by atoms with Crippen LogP contribution in [-0.2, 0) is 25.4 Å². The summed E-state index contributed by atoms with van der Waals surface area (Å²) in [6, 6.07) is 1.82. The second-order valence-electron chi connectivity index (χ2n) is 8.09. The predicted octanol–water partition coefficient (Wildman–Crippen LogP) is 3.66. The highest BCUT2D eigenvalue weighted by atomic mass is 32.1. The highest BCUT2D eigenvalue weighted by Crippen LogP contribution is 2.38. The number of hydrogen-bond donors (Lipinski definition) is 0. The van der Waals surface area contributed by atoms with Gasteiger partial charge < -0.3 is 0 Å². The third kappa shape index (κ3) is 4.93. The molecule has 1 aromatic heterocycles. The Morgan fingerprint density at radius 3 is 2.44 bits per heavy atom. The van der Waals surface area contributed by atoms with Crippen molar-refractivity contribution in [3.05, 3.63) is 54.6 Å². The molecular weight excluding hydrogens is 456 g/mol. The van der Waals surface area contributed by atoms with Gasteiger partial charge in [-0.1, -0.05) is 23.5 Å². The van der Waals surface area contributed by atoms with E-state index >= 15 is 0 Å². The van der Waals surface area contributed by atoms with E-state index in [4.69, 9.17) is 0 Å². The topological polar surface area (TPSA) is 37.6 Å². The third-order valence-electron chi connectivity index (χ3n) is 5.85. The van der Waals surface area contributed by atoms with Crippen LogP contribution in [0.25, 0.3) is 6.08 Å². The minimum Gasteiger partial charge on any atom is -0.299 e. The van der Waals surface area contributed by atoms with Gasteiger partial charge in [-0.05, 0) is 56.0 Å². The van der Waals surface area contributed by atoms with Crippen molar-refractivity contribution in [3.8, 4) is 0 Å². The molecule has 2 aromatic rings. The number of benzene rings is 1. The molecule has 32 heavy (non-hydrogen) atoms. The molecule has 0 radical (unpaired) electrons. The Kier molecular flexibility index (Phi) is 6.23. The summed E-state index contributed by atoms with van der Waals surface area (Å²) in [5.41, 5.74) is -1.99. The molecule has 0 amide bonds. The summed E-state index contributed by atoms with van der Waals surface area (Å²) < 4.78 is 81.3. The number of thiazole rings is 1. The van der Waals surface area contributed by atoms with Crippen LogP contribution in [0.5, 0.6) is 0 Å². The molecule has 0 bridgehead atoms. The molecule has 0 aliphatic carbocycles. The molecule has 1 aromatic carbocycles. The predicted molar refractivity (Wildman–Crippen MR) is 108 cm³/mol. The van der Waals surface area contributed by atoms with Crippen molar-refractivity contribution in [1.82, 2.24) is 9.47 Å². The molecule has 3 heterocycles. The van der Waals surface area contributed by atoms with E-state index in [1.165, 1.54) is 0 Å². The van der Waals surface area contributed by atoms with Crippen molar-refractivity contribution in [2.45, 2.75) is 44.7 Å². The highest BCUT2D eigenvalue weighted by Gasteiger charge is 2.38. The summed E-state index contributed by atoms with van der Waals surface area (Å²) in [6.45, 7) is 2.31. The van der Waals surface area contributed by atoms with Crippen LogP contribution < -0.4 is 14.9 Å². The number of fused-ring (bicyclic) bond motifs is 1. The molecule has 0 atom stereocenters. The van der Waals surface area contributed by atoms with E-state index in [1.807, 2.05) is 11.0 Å². The Hall–Kier alpha value is -2.14. The molecule has 0 spiro atoms. The van der Waals surface area contributed by atoms with Crippen molar-refractivity contribution >= 4 is 17.4 Å². The van der Waals surface area contributed by atoms with Crippen molar-refractivity contribution in [1.29, 1.82) is 0 Å². The number of piperidine rings is 1. The van der Waals surface area contributed by atoms with Gasteiger partial charge in [0.05, 0.1) is 15.7 Å². The van der Waals surface area contributed by atoms with Gasteiger partial charge in [0.1, 0.15) is 5.49 Å². The first kappa shape index (κ1) is 23.0. The number of aromatic nitrogens is 1. The van der Waals surface area contributed by atoms with Gasteiger partial charge >= 0.3 is 17.2 Å². The zero-order valence-corrected chi connectivity index (χ0v) is 17.8. The summed E-state index contributed by atoms with van der Waals surface area (Å²) in [6.07, 6.45) is -5.45. The van der Waals surface area contributed by atoms with Gasteiger partial charge in [-0.2, -0.15) is 26.3 Å². The Labute approximate surface area is 183 Å². The van der Waals surface area contributed by atoms with Crippen molar-refractivity contribution < 1.29 is 26.3 Å². The van der Waals surface area contributed by atoms with E-state index in [0.717, 1.165) is 28.4 Å². The second kappa shape index (κ2) is 8.66. The summed E-state index contributed by atoms with van der Waals surface area (Å²) >= 11 is 1.16. The molecule has 2 aliphatic heterocycles. The summed E-state index contributed by atoms with van der Waals surface area (Å²) in [7, 11) is 0. The molecule has 1 fully saturated rings. The van der Waals surface area contributed by atoms with Crippen LogP contribution in [0.15, 0.2) is 28.0 Å². The molecule has 4 nitrogen and oxygen atoms in total. The lowest BCUT2D eigenvalue weighted by Crippen LogP contribution is -2.37. The number of halogens is 6. The van der Waals surface area contributed by atoms with E-state index in [1.54, 1.807) is 4.57 Å². The van der Waals surface area contributed by atoms with E-state index in [-0.39, 0.29) is 29.0 Å². The van der Waals surface area contributed by atoms with Gasteiger partial charge in [-0.3, -0.25) is 19.3 Å². The van der Waals surface area contributed by atoms with Crippen LogP contribution in [0.4, 0.5) is 26.3 Å². The van der Waals surface area contributed by atoms with Crippen LogP contribution in [0.2, 0.25) is 0 Å². The zero-order valence-electron chi connectivity index (χ0n) is 17.0. The minimum atomic E-state index is -4.86. The van der Waals surface area contributed by atoms with Crippen molar-refractivity contribution in [2.75, 3.05) is 19.6 Å². The Bertz CT molecular complexity index is 1160. The molecule has 11 heteroatoms. The fourth-order valence-electron chi connectivity index (χ4n) is 4.18. The number of rotatable bonds is 3. The fraction of sp³-hybridized carbons (Fsp3) is 0.524. The van der Waals surface area contributed by atoms with E-state index in [0.29, 0.717) is 50.6 Å². The molecule has 0 saturated carbocycles. The first-order valence-electron chi connectivity index (χ1n) is 10.3. The Balaban J connectivity index is 1.48. The van der Waals surface area contributed by atoms with E-state index in [2.05, 4.69) is 4.99 Å². The molecule has 4 rings (SSSR count). The van der Waals surface area contributed by atoms with Crippen molar-refractivity contribution in [2.24, 2.45) is 10.9 Å². The van der Waals surface area contributed by atoms with Gasteiger partial charge in [0.2, 0.25) is 0 Å². The van der Waals surface area contributed by atoms with Crippen LogP contribution in [0.3, 0.4) is 0 Å². The number of hydrogen-bond acceptors (Lipinski definition) is 4. The molecule has 0 unspecified atom stereocenters. The van der Waals surface area contributed by atoms with Crippen LogP contribution in [-0.4, -0.2) is 29.1 Å². The van der Waals surface area contributed by atoms with Gasteiger partial charge in [-0.25, -0.2) is 0 Å². The first-order chi connectivity index (χ1) is 15.0. The molecule has 2 aliphatic rings. The van der Waals surface area contributed by atoms with Crippen LogP contribution >= 0.6 is 11.3 Å². The summed E-state index contributed by atoms with van der Waals surface area (Å²) in [5, 5.41) is 0. The SMILES string of the molecule is O=c1s/c(=C\C2CCN(Cc3ccc(C(F)(F)F)cc3C(F)(F)F)CC2)c2n1CCCN=2. The lowest BCUT2D eigenvalue weighted by atomic mass is 9.95. The lowest BCUT2D eigenvalue weighted by Gasteiger charge is -2.31. The van der Waals surface area contributed by atoms with Crippen LogP contribution in [0, 0.1) is 5.92 Å². The molecule has 1 saturated heterocycles. The fourth-order valence-corrected chi connectivity index (χ4v) is 5.19. The Morgan fingerprint density at radius 2 is 1.78 bits per heavy atom. The van der Waals surface area contributed by atoms with Gasteiger partial charge in [0, 0.05) is 19.6 Å². The van der Waals surface area contributed by atoms with Crippen molar-refractivity contribution in [3.63, 3.8) is 0 Å². The lowest BCUT2D eigenvalue weighted by molar-refractivity contribution is -0.143. The van der Waals surface area contributed by atoms with Crippen LogP contribution in [0.1, 0.15) is 36.0 Å². The number of nitrogens with zero attached hydrogens (tertiary/aromatic N) is 3. The maximum atomic E-state index is 13.4. The quantitative estimate of drug-likeness (QED) is 0.633. The van der Waals surface area contributed by atoms with E-state index < -0.39 is 23.5 Å². The second-order valence-corrected chi connectivity index (χ2v) is 9.08. The van der Waals surface area contributed by atoms with Gasteiger partial charge in [0.25, 0.3) is 0 Å². The third-order valence-corrected chi connectivity index (χ3v) is 6.78. The largest absolute Gasteiger partial charge is 0.416 e. The number of alkyl halides is 6. The number of likely N-dealkylation sites (tertiary alicyclic amines) is 1. The van der Waals surface area contributed by atoms with E-state index in [9.17, 15) is 31.1 Å². The normalized spacial score (nSPS) is 19.1. The standard InChI is InChI=1S/C21H21F6N3OS/c22-20(23,24)15-3-2-14(16(11-15)21(25,26)27)12-29-8-4-13(5-9-29)10-17-18-28-6-1-7-30(18)19(31)32-17/h2-3,10-11,13H,1,4-9,12H2/b17-10-. The summed E-state index contributed by atoms with van der Waals surface area (Å²) in [4.78, 5) is 18.4.